The molecule has 1 aromatic rings. The maximum absolute atomic E-state index is 5.96. The molecule has 1 rings (SSSR count). The summed E-state index contributed by atoms with van der Waals surface area (Å²) >= 11 is 9.25. The van der Waals surface area contributed by atoms with Crippen LogP contribution in [0.1, 0.15) is 5.56 Å². The summed E-state index contributed by atoms with van der Waals surface area (Å²) in [4.78, 5) is 0. The molecular weight excluding hydrogens is 253 g/mol. The first-order chi connectivity index (χ1) is 6.19. The molecule has 0 saturated heterocycles. The molecule has 4 heteroatoms. The van der Waals surface area contributed by atoms with E-state index in [0.717, 1.165) is 11.3 Å². The second kappa shape index (κ2) is 4.72. The molecule has 72 valence electrons. The van der Waals surface area contributed by atoms with Crippen LogP contribution in [0.5, 0.6) is 5.75 Å². The maximum atomic E-state index is 5.96. The molecule has 13 heavy (non-hydrogen) atoms. The van der Waals surface area contributed by atoms with Gasteiger partial charge in [0.25, 0.3) is 0 Å². The molecule has 2 nitrogen and oxygen atoms in total. The van der Waals surface area contributed by atoms with E-state index in [2.05, 4.69) is 21.2 Å². The number of methoxy groups -OCH3 is 1. The highest BCUT2D eigenvalue weighted by Gasteiger charge is 2.04. The monoisotopic (exact) mass is 263 g/mol. The van der Waals surface area contributed by atoms with Gasteiger partial charge in [-0.2, -0.15) is 0 Å². The van der Waals surface area contributed by atoms with E-state index in [9.17, 15) is 0 Å². The third-order valence-electron chi connectivity index (χ3n) is 1.76. The van der Waals surface area contributed by atoms with Crippen molar-refractivity contribution in [3.63, 3.8) is 0 Å². The number of nitrogens with one attached hydrogen (secondary N) is 1. The van der Waals surface area contributed by atoms with Crippen molar-refractivity contribution in [1.82, 2.24) is 0 Å². The highest BCUT2D eigenvalue weighted by molar-refractivity contribution is 9.09. The van der Waals surface area contributed by atoms with E-state index in [1.54, 1.807) is 7.11 Å². The fraction of sp³-hybridized carbons (Fsp3) is 0.333. The van der Waals surface area contributed by atoms with Crippen LogP contribution in [0.4, 0.5) is 5.69 Å². The predicted octanol–water partition coefficient (Wildman–Crippen LogP) is 3.42. The lowest BCUT2D eigenvalue weighted by atomic mass is 10.2. The number of rotatable bonds is 3. The molecule has 0 heterocycles. The first-order valence-electron chi connectivity index (χ1n) is 3.83. The number of hydrogen-bond donors (Lipinski definition) is 1. The van der Waals surface area contributed by atoms with Crippen molar-refractivity contribution in [1.29, 1.82) is 0 Å². The van der Waals surface area contributed by atoms with Gasteiger partial charge in [0, 0.05) is 5.69 Å². The SMILES string of the molecule is COc1cc(C)c(NCBr)cc1Cl. The average Bonchev–Trinajstić information content (AvgIpc) is 2.11. The number of halogens is 2. The van der Waals surface area contributed by atoms with E-state index >= 15 is 0 Å². The average molecular weight is 265 g/mol. The molecule has 1 aromatic carbocycles. The molecule has 0 radical (unpaired) electrons. The summed E-state index contributed by atoms with van der Waals surface area (Å²) in [5.41, 5.74) is 2.83. The Morgan fingerprint density at radius 2 is 2.23 bits per heavy atom. The summed E-state index contributed by atoms with van der Waals surface area (Å²) in [6, 6.07) is 3.77. The number of alkyl halides is 1. The van der Waals surface area contributed by atoms with Crippen LogP contribution in [-0.4, -0.2) is 12.6 Å². The van der Waals surface area contributed by atoms with Crippen molar-refractivity contribution in [2.24, 2.45) is 0 Å². The lowest BCUT2D eigenvalue weighted by Gasteiger charge is -2.10. The molecule has 0 aliphatic rings. The summed E-state index contributed by atoms with van der Waals surface area (Å²) in [5.74, 6) is 0.708. The van der Waals surface area contributed by atoms with Crippen LogP contribution < -0.4 is 10.1 Å². The van der Waals surface area contributed by atoms with Crippen LogP contribution in [0.25, 0.3) is 0 Å². The van der Waals surface area contributed by atoms with Gasteiger partial charge in [-0.05, 0) is 24.6 Å². The van der Waals surface area contributed by atoms with Gasteiger partial charge in [0.1, 0.15) is 5.75 Å². The third-order valence-corrected chi connectivity index (χ3v) is 2.33. The van der Waals surface area contributed by atoms with Crippen molar-refractivity contribution < 1.29 is 4.74 Å². The topological polar surface area (TPSA) is 21.3 Å². The summed E-state index contributed by atoms with van der Waals surface area (Å²) in [6.45, 7) is 2.00. The largest absolute Gasteiger partial charge is 0.495 e. The van der Waals surface area contributed by atoms with Crippen LogP contribution in [0.15, 0.2) is 12.1 Å². The molecule has 0 atom stereocenters. The third kappa shape index (κ3) is 2.51. The van der Waals surface area contributed by atoms with E-state index in [-0.39, 0.29) is 0 Å². The Morgan fingerprint density at radius 3 is 2.77 bits per heavy atom. The van der Waals surface area contributed by atoms with Crippen LogP contribution in [0.3, 0.4) is 0 Å². The Morgan fingerprint density at radius 1 is 1.54 bits per heavy atom. The van der Waals surface area contributed by atoms with Gasteiger partial charge in [-0.3, -0.25) is 0 Å². The smallest absolute Gasteiger partial charge is 0.137 e. The summed E-state index contributed by atoms with van der Waals surface area (Å²) < 4.78 is 5.09. The van der Waals surface area contributed by atoms with Gasteiger partial charge in [0.2, 0.25) is 0 Å². The van der Waals surface area contributed by atoms with E-state index in [0.29, 0.717) is 16.2 Å². The summed E-state index contributed by atoms with van der Waals surface area (Å²) in [7, 11) is 1.61. The van der Waals surface area contributed by atoms with Crippen LogP contribution >= 0.6 is 27.5 Å². The molecule has 0 aliphatic heterocycles. The van der Waals surface area contributed by atoms with Crippen molar-refractivity contribution >= 4 is 33.2 Å². The molecular formula is C9H11BrClNO. The van der Waals surface area contributed by atoms with E-state index in [1.807, 2.05) is 19.1 Å². The first kappa shape index (κ1) is 10.7. The molecule has 0 saturated carbocycles. The van der Waals surface area contributed by atoms with Crippen molar-refractivity contribution in [2.45, 2.75) is 6.92 Å². The normalized spacial score (nSPS) is 9.85. The standard InChI is InChI=1S/C9H11BrClNO/c1-6-3-9(13-2)7(11)4-8(6)12-5-10/h3-4,12H,5H2,1-2H3. The Labute approximate surface area is 91.4 Å². The van der Waals surface area contributed by atoms with Crippen LogP contribution in [0, 0.1) is 6.92 Å². The first-order valence-corrected chi connectivity index (χ1v) is 5.33. The van der Waals surface area contributed by atoms with E-state index < -0.39 is 0 Å². The van der Waals surface area contributed by atoms with Gasteiger partial charge in [-0.1, -0.05) is 27.5 Å². The van der Waals surface area contributed by atoms with E-state index in [4.69, 9.17) is 16.3 Å². The van der Waals surface area contributed by atoms with Gasteiger partial charge < -0.3 is 10.1 Å². The Hall–Kier alpha value is -0.410. The highest BCUT2D eigenvalue weighted by atomic mass is 79.9. The summed E-state index contributed by atoms with van der Waals surface area (Å²) in [6.07, 6.45) is 0. The van der Waals surface area contributed by atoms with Crippen LogP contribution in [0.2, 0.25) is 5.02 Å². The molecule has 0 amide bonds. The van der Waals surface area contributed by atoms with Gasteiger partial charge in [0.15, 0.2) is 0 Å². The number of anilines is 1. The quantitative estimate of drug-likeness (QED) is 0.667. The van der Waals surface area contributed by atoms with Crippen molar-refractivity contribution in [2.75, 3.05) is 17.9 Å². The minimum Gasteiger partial charge on any atom is -0.495 e. The molecule has 0 unspecified atom stereocenters. The lowest BCUT2D eigenvalue weighted by Crippen LogP contribution is -1.97. The fourth-order valence-corrected chi connectivity index (χ4v) is 1.62. The lowest BCUT2D eigenvalue weighted by molar-refractivity contribution is 0.415. The van der Waals surface area contributed by atoms with Crippen LogP contribution in [-0.2, 0) is 0 Å². The molecule has 0 aromatic heterocycles. The van der Waals surface area contributed by atoms with Crippen molar-refractivity contribution in [3.05, 3.63) is 22.7 Å². The van der Waals surface area contributed by atoms with Crippen molar-refractivity contribution in [3.8, 4) is 5.75 Å². The zero-order chi connectivity index (χ0) is 9.84. The Kier molecular flexibility index (Phi) is 3.88. The summed E-state index contributed by atoms with van der Waals surface area (Å²) in [5, 5.41) is 3.77. The fourth-order valence-electron chi connectivity index (χ4n) is 1.07. The molecule has 0 fully saturated rings. The Bertz CT molecular complexity index is 304. The minimum absolute atomic E-state index is 0.622. The minimum atomic E-state index is 0.622. The molecule has 0 spiro atoms. The van der Waals surface area contributed by atoms with Gasteiger partial charge in [0.05, 0.1) is 17.6 Å². The molecule has 0 bridgehead atoms. The second-order valence-corrected chi connectivity index (χ2v) is 3.58. The number of ether oxygens (including phenoxy) is 1. The highest BCUT2D eigenvalue weighted by Crippen LogP contribution is 2.30. The predicted molar refractivity (Wildman–Crippen MR) is 60.2 cm³/mol. The number of benzene rings is 1. The maximum Gasteiger partial charge on any atom is 0.137 e. The number of aryl methyl sites for hydroxylation is 1. The van der Waals surface area contributed by atoms with Gasteiger partial charge in [-0.25, -0.2) is 0 Å². The van der Waals surface area contributed by atoms with Gasteiger partial charge in [-0.15, -0.1) is 0 Å². The molecule has 1 N–H and O–H groups in total. The molecule has 0 aliphatic carbocycles. The number of hydrogen-bond acceptors (Lipinski definition) is 2. The van der Waals surface area contributed by atoms with E-state index in [1.165, 1.54) is 0 Å². The Balaban J connectivity index is 3.05. The van der Waals surface area contributed by atoms with Gasteiger partial charge >= 0.3 is 0 Å². The zero-order valence-electron chi connectivity index (χ0n) is 7.53. The second-order valence-electron chi connectivity index (χ2n) is 2.61. The zero-order valence-corrected chi connectivity index (χ0v) is 9.87.